The van der Waals surface area contributed by atoms with Crippen molar-refractivity contribution in [3.8, 4) is 0 Å². The molecule has 0 aromatic heterocycles. The van der Waals surface area contributed by atoms with Gasteiger partial charge in [0.05, 0.1) is 0 Å². The van der Waals surface area contributed by atoms with Crippen molar-refractivity contribution in [3.05, 3.63) is 0 Å². The highest BCUT2D eigenvalue weighted by molar-refractivity contribution is 5.80. The van der Waals surface area contributed by atoms with Gasteiger partial charge in [0.1, 0.15) is 13.2 Å². The zero-order valence-electron chi connectivity index (χ0n) is 8.92. The smallest absolute Gasteiger partial charge is 0.305 e. The van der Waals surface area contributed by atoms with Crippen molar-refractivity contribution in [1.82, 2.24) is 0 Å². The molecule has 13 heteroatoms. The van der Waals surface area contributed by atoms with E-state index >= 15 is 0 Å². The lowest BCUT2D eigenvalue weighted by molar-refractivity contribution is -0.393. The SMILES string of the molecule is O=C(COC(F)(F)C(F)(F)F)COC(F)(F)C(F)(F)F. The Bertz CT molecular complexity index is 312. The summed E-state index contributed by atoms with van der Waals surface area (Å²) in [7, 11) is 0. The van der Waals surface area contributed by atoms with Gasteiger partial charge in [-0.05, 0) is 0 Å². The average molecular weight is 326 g/mol. The van der Waals surface area contributed by atoms with E-state index < -0.39 is 43.6 Å². The van der Waals surface area contributed by atoms with Gasteiger partial charge >= 0.3 is 24.6 Å². The number of halogens is 10. The van der Waals surface area contributed by atoms with Crippen LogP contribution in [0.15, 0.2) is 0 Å². The summed E-state index contributed by atoms with van der Waals surface area (Å²) < 4.78 is 123. The van der Waals surface area contributed by atoms with E-state index in [-0.39, 0.29) is 0 Å². The lowest BCUT2D eigenvalue weighted by Crippen LogP contribution is -2.42. The fourth-order valence-electron chi connectivity index (χ4n) is 0.548. The van der Waals surface area contributed by atoms with E-state index in [0.29, 0.717) is 0 Å². The molecule has 0 saturated heterocycles. The Hall–Kier alpha value is -1.11. The summed E-state index contributed by atoms with van der Waals surface area (Å²) in [5.41, 5.74) is 0. The highest BCUT2D eigenvalue weighted by Crippen LogP contribution is 2.37. The Kier molecular flexibility index (Phi) is 5.40. The van der Waals surface area contributed by atoms with Gasteiger partial charge < -0.3 is 9.47 Å². The van der Waals surface area contributed by atoms with E-state index in [1.165, 1.54) is 0 Å². The van der Waals surface area contributed by atoms with Crippen LogP contribution >= 0.6 is 0 Å². The third-order valence-electron chi connectivity index (χ3n) is 1.49. The number of hydrogen-bond donors (Lipinski definition) is 0. The monoisotopic (exact) mass is 326 g/mol. The second-order valence-electron chi connectivity index (χ2n) is 3.15. The molecule has 0 heterocycles. The van der Waals surface area contributed by atoms with Gasteiger partial charge in [-0.1, -0.05) is 0 Å². The van der Waals surface area contributed by atoms with Crippen molar-refractivity contribution >= 4 is 5.78 Å². The number of ketones is 1. The maximum atomic E-state index is 12.1. The summed E-state index contributed by atoms with van der Waals surface area (Å²) >= 11 is 0. The van der Waals surface area contributed by atoms with Gasteiger partial charge in [0.15, 0.2) is 5.78 Å². The fourth-order valence-corrected chi connectivity index (χ4v) is 0.548. The number of rotatable bonds is 6. The Morgan fingerprint density at radius 1 is 0.650 bits per heavy atom. The molecule has 0 bridgehead atoms. The Balaban J connectivity index is 4.35. The summed E-state index contributed by atoms with van der Waals surface area (Å²) in [5.74, 6) is -1.97. The van der Waals surface area contributed by atoms with E-state index in [9.17, 15) is 48.7 Å². The van der Waals surface area contributed by atoms with Crippen LogP contribution in [0.1, 0.15) is 0 Å². The zero-order valence-corrected chi connectivity index (χ0v) is 8.92. The second kappa shape index (κ2) is 5.71. The van der Waals surface area contributed by atoms with Crippen LogP contribution in [-0.2, 0) is 14.3 Å². The Morgan fingerprint density at radius 2 is 0.900 bits per heavy atom. The summed E-state index contributed by atoms with van der Waals surface area (Å²) in [6.45, 7) is -4.14. The molecule has 0 amide bonds. The molecular formula is C7H4F10O3. The number of alkyl halides is 10. The standard InChI is InChI=1S/C7H4F10O3/c8-4(9,10)6(14,15)19-1-3(18)2-20-7(16,17)5(11,12)13/h1-2H2. The molecule has 3 nitrogen and oxygen atoms in total. The van der Waals surface area contributed by atoms with Crippen LogP contribution in [0.25, 0.3) is 0 Å². The summed E-state index contributed by atoms with van der Waals surface area (Å²) in [6.07, 6.45) is -23.9. The summed E-state index contributed by atoms with van der Waals surface area (Å²) in [5, 5.41) is 0. The van der Waals surface area contributed by atoms with E-state index in [1.54, 1.807) is 0 Å². The van der Waals surface area contributed by atoms with Crippen molar-refractivity contribution < 1.29 is 58.2 Å². The molecule has 0 rings (SSSR count). The van der Waals surface area contributed by atoms with Crippen LogP contribution in [0.2, 0.25) is 0 Å². The molecule has 0 fully saturated rings. The number of carbonyl (C=O) groups is 1. The maximum absolute atomic E-state index is 12.1. The molecule has 20 heavy (non-hydrogen) atoms. The molecular weight excluding hydrogens is 322 g/mol. The minimum atomic E-state index is -6.18. The van der Waals surface area contributed by atoms with Gasteiger partial charge in [-0.2, -0.15) is 43.9 Å². The molecule has 0 atom stereocenters. The van der Waals surface area contributed by atoms with E-state index in [4.69, 9.17) is 0 Å². The second-order valence-corrected chi connectivity index (χ2v) is 3.15. The fraction of sp³-hybridized carbons (Fsp3) is 0.857. The average Bonchev–Trinajstić information content (AvgIpc) is 2.20. The maximum Gasteiger partial charge on any atom is 0.482 e. The molecule has 0 aliphatic heterocycles. The van der Waals surface area contributed by atoms with Crippen LogP contribution in [-0.4, -0.2) is 43.6 Å². The molecule has 0 aliphatic rings. The number of hydrogen-bond acceptors (Lipinski definition) is 3. The normalized spacial score (nSPS) is 14.5. The largest absolute Gasteiger partial charge is 0.482 e. The van der Waals surface area contributed by atoms with Gasteiger partial charge in [0.25, 0.3) is 0 Å². The summed E-state index contributed by atoms with van der Waals surface area (Å²) in [4.78, 5) is 10.5. The molecule has 0 aromatic carbocycles. The van der Waals surface area contributed by atoms with Crippen molar-refractivity contribution in [2.45, 2.75) is 24.6 Å². The van der Waals surface area contributed by atoms with Crippen LogP contribution in [0, 0.1) is 0 Å². The number of Topliss-reactive ketones (excluding diaryl/α,β-unsaturated/α-hetero) is 1. The molecule has 0 aromatic rings. The topological polar surface area (TPSA) is 35.5 Å². The minimum absolute atomic E-state index is 1.97. The molecule has 0 radical (unpaired) electrons. The van der Waals surface area contributed by atoms with Crippen LogP contribution in [0.5, 0.6) is 0 Å². The third kappa shape index (κ3) is 5.11. The predicted octanol–water partition coefficient (Wildman–Crippen LogP) is 2.90. The van der Waals surface area contributed by atoms with Gasteiger partial charge in [0.2, 0.25) is 0 Å². The molecule has 0 aliphatic carbocycles. The molecule has 120 valence electrons. The first-order valence-electron chi connectivity index (χ1n) is 4.29. The lowest BCUT2D eigenvalue weighted by atomic mass is 10.4. The van der Waals surface area contributed by atoms with Gasteiger partial charge in [-0.3, -0.25) is 4.79 Å². The lowest BCUT2D eigenvalue weighted by Gasteiger charge is -2.20. The number of carbonyl (C=O) groups excluding carboxylic acids is 1. The first-order valence-corrected chi connectivity index (χ1v) is 4.29. The van der Waals surface area contributed by atoms with E-state index in [0.717, 1.165) is 0 Å². The van der Waals surface area contributed by atoms with Crippen LogP contribution in [0.4, 0.5) is 43.9 Å². The Morgan fingerprint density at radius 3 is 1.10 bits per heavy atom. The quantitative estimate of drug-likeness (QED) is 0.704. The van der Waals surface area contributed by atoms with Crippen molar-refractivity contribution in [3.63, 3.8) is 0 Å². The molecule has 0 saturated carbocycles. The van der Waals surface area contributed by atoms with Crippen LogP contribution < -0.4 is 0 Å². The van der Waals surface area contributed by atoms with Gasteiger partial charge in [0, 0.05) is 0 Å². The highest BCUT2D eigenvalue weighted by atomic mass is 19.4. The number of ether oxygens (including phenoxy) is 2. The molecule has 0 N–H and O–H groups in total. The summed E-state index contributed by atoms with van der Waals surface area (Å²) in [6, 6.07) is 0. The minimum Gasteiger partial charge on any atom is -0.305 e. The van der Waals surface area contributed by atoms with Gasteiger partial charge in [-0.15, -0.1) is 0 Å². The third-order valence-corrected chi connectivity index (χ3v) is 1.49. The van der Waals surface area contributed by atoms with Gasteiger partial charge in [-0.25, -0.2) is 0 Å². The van der Waals surface area contributed by atoms with Crippen LogP contribution in [0.3, 0.4) is 0 Å². The Labute approximate surface area is 103 Å². The zero-order chi connectivity index (χ0) is 16.4. The van der Waals surface area contributed by atoms with E-state index in [1.807, 2.05) is 0 Å². The molecule has 0 spiro atoms. The van der Waals surface area contributed by atoms with Crippen molar-refractivity contribution in [1.29, 1.82) is 0 Å². The van der Waals surface area contributed by atoms with E-state index in [2.05, 4.69) is 9.47 Å². The molecule has 0 unspecified atom stereocenters. The van der Waals surface area contributed by atoms with Crippen molar-refractivity contribution in [2.75, 3.05) is 13.2 Å². The highest BCUT2D eigenvalue weighted by Gasteiger charge is 2.61. The predicted molar refractivity (Wildman–Crippen MR) is 38.9 cm³/mol. The first-order chi connectivity index (χ1) is 8.60. The van der Waals surface area contributed by atoms with Crippen molar-refractivity contribution in [2.24, 2.45) is 0 Å². The first kappa shape index (κ1) is 18.9.